The number of hydrogen-bond donors (Lipinski definition) is 0. The van der Waals surface area contributed by atoms with Gasteiger partial charge in [-0.2, -0.15) is 0 Å². The van der Waals surface area contributed by atoms with E-state index in [1.807, 2.05) is 19.9 Å². The Kier molecular flexibility index (Phi) is 3.45. The van der Waals surface area contributed by atoms with Crippen molar-refractivity contribution in [2.24, 2.45) is 0 Å². The van der Waals surface area contributed by atoms with Crippen molar-refractivity contribution in [1.82, 2.24) is 4.98 Å². The number of Topliss-reactive ketones (excluding diaryl/α,β-unsaturated/α-hetero) is 1. The summed E-state index contributed by atoms with van der Waals surface area (Å²) in [6.45, 7) is 5.67. The summed E-state index contributed by atoms with van der Waals surface area (Å²) in [4.78, 5) is 15.2. The van der Waals surface area contributed by atoms with Gasteiger partial charge in [0.1, 0.15) is 11.5 Å². The van der Waals surface area contributed by atoms with Crippen molar-refractivity contribution in [3.8, 4) is 5.75 Å². The predicted molar refractivity (Wildman–Crippen MR) is 59.1 cm³/mol. The number of aromatic nitrogens is 1. The first-order valence-corrected chi connectivity index (χ1v) is 4.94. The molecule has 0 radical (unpaired) electrons. The van der Waals surface area contributed by atoms with Crippen LogP contribution in [0, 0.1) is 0 Å². The fraction of sp³-hybridized carbons (Fsp3) is 0.500. The number of nitrogens with zero attached hydrogens (tertiary/aromatic N) is 1. The summed E-state index contributed by atoms with van der Waals surface area (Å²) in [5.74, 6) is 0.909. The van der Waals surface area contributed by atoms with Crippen LogP contribution in [0.15, 0.2) is 18.5 Å². The largest absolute Gasteiger partial charge is 0.495 e. The van der Waals surface area contributed by atoms with E-state index in [1.54, 1.807) is 26.4 Å². The molecule has 15 heavy (non-hydrogen) atoms. The summed E-state index contributed by atoms with van der Waals surface area (Å²) in [5.41, 5.74) is 0.838. The monoisotopic (exact) mass is 207 g/mol. The molecule has 3 heteroatoms. The van der Waals surface area contributed by atoms with Crippen molar-refractivity contribution in [1.29, 1.82) is 0 Å². The van der Waals surface area contributed by atoms with Gasteiger partial charge < -0.3 is 4.74 Å². The Bertz CT molecular complexity index is 358. The SMILES string of the molecule is COc1cncc(C(C)(C)CC(C)=O)c1. The molecule has 0 bridgehead atoms. The molecule has 0 spiro atoms. The van der Waals surface area contributed by atoms with Gasteiger partial charge in [-0.15, -0.1) is 0 Å². The highest BCUT2D eigenvalue weighted by Crippen LogP contribution is 2.28. The second-order valence-electron chi connectivity index (χ2n) is 4.38. The summed E-state index contributed by atoms with van der Waals surface area (Å²) in [6.07, 6.45) is 3.96. The quantitative estimate of drug-likeness (QED) is 0.760. The fourth-order valence-corrected chi connectivity index (χ4v) is 1.62. The third-order valence-corrected chi connectivity index (χ3v) is 2.42. The topological polar surface area (TPSA) is 39.2 Å². The zero-order valence-electron chi connectivity index (χ0n) is 9.70. The smallest absolute Gasteiger partial charge is 0.137 e. The Morgan fingerprint density at radius 2 is 2.13 bits per heavy atom. The Labute approximate surface area is 90.5 Å². The number of carbonyl (C=O) groups is 1. The van der Waals surface area contributed by atoms with Crippen LogP contribution in [0.25, 0.3) is 0 Å². The highest BCUT2D eigenvalue weighted by molar-refractivity contribution is 5.77. The number of pyridine rings is 1. The van der Waals surface area contributed by atoms with E-state index in [1.165, 1.54) is 0 Å². The van der Waals surface area contributed by atoms with Crippen molar-refractivity contribution in [3.05, 3.63) is 24.0 Å². The predicted octanol–water partition coefficient (Wildman–Crippen LogP) is 2.35. The van der Waals surface area contributed by atoms with Crippen molar-refractivity contribution < 1.29 is 9.53 Å². The zero-order chi connectivity index (χ0) is 11.5. The minimum Gasteiger partial charge on any atom is -0.495 e. The van der Waals surface area contributed by atoms with Crippen LogP contribution in [0.1, 0.15) is 32.8 Å². The van der Waals surface area contributed by atoms with Crippen molar-refractivity contribution in [2.45, 2.75) is 32.6 Å². The Morgan fingerprint density at radius 1 is 1.47 bits per heavy atom. The van der Waals surface area contributed by atoms with Crippen molar-refractivity contribution in [2.75, 3.05) is 7.11 Å². The van der Waals surface area contributed by atoms with E-state index in [0.29, 0.717) is 6.42 Å². The maximum absolute atomic E-state index is 11.1. The third-order valence-electron chi connectivity index (χ3n) is 2.42. The van der Waals surface area contributed by atoms with Crippen LogP contribution in [0.2, 0.25) is 0 Å². The lowest BCUT2D eigenvalue weighted by Crippen LogP contribution is -2.20. The molecule has 0 aromatic carbocycles. The molecule has 82 valence electrons. The number of rotatable bonds is 4. The molecule has 0 N–H and O–H groups in total. The molecule has 1 aromatic rings. The molecule has 0 fully saturated rings. The maximum atomic E-state index is 11.1. The molecule has 3 nitrogen and oxygen atoms in total. The lowest BCUT2D eigenvalue weighted by atomic mass is 9.81. The summed E-state index contributed by atoms with van der Waals surface area (Å²) in [7, 11) is 1.61. The van der Waals surface area contributed by atoms with Gasteiger partial charge in [0.2, 0.25) is 0 Å². The molecule has 0 aliphatic rings. The molecule has 0 saturated carbocycles. The Morgan fingerprint density at radius 3 is 2.67 bits per heavy atom. The second kappa shape index (κ2) is 4.43. The van der Waals surface area contributed by atoms with Crippen molar-refractivity contribution >= 4 is 5.78 Å². The molecular formula is C12H17NO2. The first-order valence-electron chi connectivity index (χ1n) is 4.94. The molecule has 1 aromatic heterocycles. The van der Waals surface area contributed by atoms with E-state index in [2.05, 4.69) is 4.98 Å². The van der Waals surface area contributed by atoms with E-state index < -0.39 is 0 Å². The molecule has 0 saturated heterocycles. The molecule has 1 heterocycles. The van der Waals surface area contributed by atoms with Crippen LogP contribution < -0.4 is 4.74 Å². The number of hydrogen-bond acceptors (Lipinski definition) is 3. The van der Waals surface area contributed by atoms with E-state index >= 15 is 0 Å². The number of ketones is 1. The van der Waals surface area contributed by atoms with Crippen LogP contribution in [0.5, 0.6) is 5.75 Å². The van der Waals surface area contributed by atoms with Gasteiger partial charge in [-0.3, -0.25) is 9.78 Å². The second-order valence-corrected chi connectivity index (χ2v) is 4.38. The lowest BCUT2D eigenvalue weighted by Gasteiger charge is -2.23. The van der Waals surface area contributed by atoms with Crippen LogP contribution in [0.4, 0.5) is 0 Å². The van der Waals surface area contributed by atoms with E-state index in [9.17, 15) is 4.79 Å². The average Bonchev–Trinajstić information content (AvgIpc) is 2.16. The van der Waals surface area contributed by atoms with E-state index in [4.69, 9.17) is 4.74 Å². The first-order chi connectivity index (χ1) is 6.95. The number of ether oxygens (including phenoxy) is 1. The minimum atomic E-state index is -0.187. The standard InChI is InChI=1S/C12H17NO2/c1-9(14)6-12(2,3)10-5-11(15-4)8-13-7-10/h5,7-8H,6H2,1-4H3. The third kappa shape index (κ3) is 3.05. The van der Waals surface area contributed by atoms with Gasteiger partial charge >= 0.3 is 0 Å². The van der Waals surface area contributed by atoms with Gasteiger partial charge in [-0.1, -0.05) is 13.8 Å². The summed E-state index contributed by atoms with van der Waals surface area (Å²) >= 11 is 0. The molecule has 0 atom stereocenters. The highest BCUT2D eigenvalue weighted by Gasteiger charge is 2.23. The Balaban J connectivity index is 2.98. The molecule has 0 amide bonds. The molecule has 0 aliphatic carbocycles. The average molecular weight is 207 g/mol. The molecular weight excluding hydrogens is 190 g/mol. The van der Waals surface area contributed by atoms with Crippen LogP contribution in [-0.2, 0) is 10.2 Å². The summed E-state index contributed by atoms with van der Waals surface area (Å²) in [5, 5.41) is 0. The van der Waals surface area contributed by atoms with Crippen LogP contribution >= 0.6 is 0 Å². The van der Waals surface area contributed by atoms with Gasteiger partial charge in [0, 0.05) is 12.6 Å². The van der Waals surface area contributed by atoms with Gasteiger partial charge in [-0.25, -0.2) is 0 Å². The maximum Gasteiger partial charge on any atom is 0.137 e. The molecule has 1 rings (SSSR count). The lowest BCUT2D eigenvalue weighted by molar-refractivity contribution is -0.118. The van der Waals surface area contributed by atoms with Gasteiger partial charge in [0.25, 0.3) is 0 Å². The normalized spacial score (nSPS) is 11.2. The van der Waals surface area contributed by atoms with Crippen LogP contribution in [-0.4, -0.2) is 17.9 Å². The summed E-state index contributed by atoms with van der Waals surface area (Å²) < 4.78 is 5.11. The highest BCUT2D eigenvalue weighted by atomic mass is 16.5. The van der Waals surface area contributed by atoms with E-state index in [0.717, 1.165) is 11.3 Å². The van der Waals surface area contributed by atoms with Gasteiger partial charge in [0.05, 0.1) is 13.3 Å². The Hall–Kier alpha value is -1.38. The fourth-order valence-electron chi connectivity index (χ4n) is 1.62. The zero-order valence-corrected chi connectivity index (χ0v) is 9.70. The van der Waals surface area contributed by atoms with E-state index in [-0.39, 0.29) is 11.2 Å². The number of carbonyl (C=O) groups excluding carboxylic acids is 1. The van der Waals surface area contributed by atoms with Gasteiger partial charge in [-0.05, 0) is 24.0 Å². The molecule has 0 aliphatic heterocycles. The first kappa shape index (κ1) is 11.7. The van der Waals surface area contributed by atoms with Gasteiger partial charge in [0.15, 0.2) is 0 Å². The summed E-state index contributed by atoms with van der Waals surface area (Å²) in [6, 6.07) is 1.93. The van der Waals surface area contributed by atoms with Crippen molar-refractivity contribution in [3.63, 3.8) is 0 Å². The molecule has 0 unspecified atom stereocenters. The minimum absolute atomic E-state index is 0.183. The number of methoxy groups -OCH3 is 1. The van der Waals surface area contributed by atoms with Crippen LogP contribution in [0.3, 0.4) is 0 Å².